The Morgan fingerprint density at radius 3 is 3.00 bits per heavy atom. The number of benzene rings is 1. The first-order valence-corrected chi connectivity index (χ1v) is 6.82. The number of alkyl halides is 2. The number of carbonyl (C=O) groups excluding carboxylic acids is 1. The topological polar surface area (TPSA) is 50.8 Å². The van der Waals surface area contributed by atoms with Crippen LogP contribution in [-0.2, 0) is 9.53 Å². The van der Waals surface area contributed by atoms with Crippen molar-refractivity contribution in [1.29, 1.82) is 0 Å². The number of hydrogen-bond donors (Lipinski definition) is 1. The molecule has 2 atom stereocenters. The molecular weight excluding hydrogens is 306 g/mol. The Kier molecular flexibility index (Phi) is 3.97. The molecule has 2 heterocycles. The van der Waals surface area contributed by atoms with Crippen LogP contribution in [0.25, 0.3) is 0 Å². The first-order valence-electron chi connectivity index (χ1n) is 6.44. The zero-order valence-electron chi connectivity index (χ0n) is 10.9. The van der Waals surface area contributed by atoms with Crippen LogP contribution in [0.3, 0.4) is 0 Å². The molecular formula is C13H13ClF2N2O3. The van der Waals surface area contributed by atoms with Crippen LogP contribution in [0.1, 0.15) is 11.7 Å². The molecule has 0 bridgehead atoms. The van der Waals surface area contributed by atoms with Gasteiger partial charge in [0, 0.05) is 6.54 Å². The van der Waals surface area contributed by atoms with E-state index in [1.807, 2.05) is 4.90 Å². The Morgan fingerprint density at radius 2 is 2.29 bits per heavy atom. The van der Waals surface area contributed by atoms with E-state index < -0.39 is 6.61 Å². The van der Waals surface area contributed by atoms with Gasteiger partial charge in [0.15, 0.2) is 0 Å². The zero-order valence-corrected chi connectivity index (χ0v) is 11.6. The van der Waals surface area contributed by atoms with E-state index in [4.69, 9.17) is 16.3 Å². The molecule has 114 valence electrons. The van der Waals surface area contributed by atoms with Gasteiger partial charge in [0.05, 0.1) is 18.2 Å². The molecule has 3 rings (SSSR count). The Labute approximate surface area is 124 Å². The molecule has 1 amide bonds. The molecule has 0 unspecified atom stereocenters. The Morgan fingerprint density at radius 1 is 1.48 bits per heavy atom. The van der Waals surface area contributed by atoms with E-state index in [0.29, 0.717) is 19.8 Å². The fourth-order valence-electron chi connectivity index (χ4n) is 2.62. The van der Waals surface area contributed by atoms with E-state index in [-0.39, 0.29) is 28.9 Å². The van der Waals surface area contributed by atoms with Crippen LogP contribution in [0.5, 0.6) is 5.75 Å². The minimum absolute atomic E-state index is 0.0822. The number of ether oxygens (including phenoxy) is 2. The standard InChI is InChI=1S/C13H13ClF2N2O3/c14-8-5-7(1-2-10(8)21-13(15)16)11-17-12(19)9-6-20-4-3-18(9)11/h1-2,5,9,11,13H,3-4,6H2,(H,17,19)/t9-,11+/m1/s1. The summed E-state index contributed by atoms with van der Waals surface area (Å²) in [5, 5.41) is 2.94. The number of halogens is 3. The SMILES string of the molecule is O=C1N[C@H](c2ccc(OC(F)F)c(Cl)c2)N2CCOC[C@H]12. The van der Waals surface area contributed by atoms with Crippen molar-refractivity contribution in [3.8, 4) is 5.75 Å². The van der Waals surface area contributed by atoms with Crippen LogP contribution in [-0.4, -0.2) is 43.2 Å². The summed E-state index contributed by atoms with van der Waals surface area (Å²) in [6.45, 7) is -1.42. The van der Waals surface area contributed by atoms with E-state index in [2.05, 4.69) is 10.1 Å². The summed E-state index contributed by atoms with van der Waals surface area (Å²) in [5.74, 6) is -0.193. The van der Waals surface area contributed by atoms with Crippen LogP contribution in [0.15, 0.2) is 18.2 Å². The second-order valence-corrected chi connectivity index (χ2v) is 5.22. The Hall–Kier alpha value is -1.44. The molecule has 1 N–H and O–H groups in total. The average molecular weight is 319 g/mol. The summed E-state index contributed by atoms with van der Waals surface area (Å²) in [6.07, 6.45) is -0.329. The Balaban J connectivity index is 1.83. The third-order valence-corrected chi connectivity index (χ3v) is 3.87. The van der Waals surface area contributed by atoms with Gasteiger partial charge in [-0.05, 0) is 17.7 Å². The highest BCUT2D eigenvalue weighted by Crippen LogP contribution is 2.33. The predicted octanol–water partition coefficient (Wildman–Crippen LogP) is 1.77. The lowest BCUT2D eigenvalue weighted by Crippen LogP contribution is -2.44. The van der Waals surface area contributed by atoms with E-state index in [0.717, 1.165) is 5.56 Å². The summed E-state index contributed by atoms with van der Waals surface area (Å²) in [4.78, 5) is 13.9. The Bertz CT molecular complexity index is 558. The predicted molar refractivity (Wildman–Crippen MR) is 70.3 cm³/mol. The monoisotopic (exact) mass is 318 g/mol. The highest BCUT2D eigenvalue weighted by atomic mass is 35.5. The maximum Gasteiger partial charge on any atom is 0.387 e. The van der Waals surface area contributed by atoms with Crippen LogP contribution in [0, 0.1) is 0 Å². The third kappa shape index (κ3) is 2.81. The first kappa shape index (κ1) is 14.5. The van der Waals surface area contributed by atoms with Crippen molar-refractivity contribution in [2.75, 3.05) is 19.8 Å². The van der Waals surface area contributed by atoms with Gasteiger partial charge in [-0.2, -0.15) is 8.78 Å². The van der Waals surface area contributed by atoms with E-state index in [1.165, 1.54) is 12.1 Å². The van der Waals surface area contributed by atoms with Gasteiger partial charge in [-0.25, -0.2) is 0 Å². The summed E-state index contributed by atoms with van der Waals surface area (Å²) in [6, 6.07) is 4.21. The van der Waals surface area contributed by atoms with Gasteiger partial charge in [0.2, 0.25) is 5.91 Å². The number of morpholine rings is 1. The van der Waals surface area contributed by atoms with Crippen molar-refractivity contribution in [2.24, 2.45) is 0 Å². The van der Waals surface area contributed by atoms with Crippen molar-refractivity contribution in [2.45, 2.75) is 18.8 Å². The minimum Gasteiger partial charge on any atom is -0.433 e. The molecule has 2 fully saturated rings. The molecule has 0 aliphatic carbocycles. The summed E-state index contributed by atoms with van der Waals surface area (Å²) in [7, 11) is 0. The van der Waals surface area contributed by atoms with Gasteiger partial charge >= 0.3 is 6.61 Å². The van der Waals surface area contributed by atoms with E-state index in [1.54, 1.807) is 6.07 Å². The molecule has 0 radical (unpaired) electrons. The molecule has 0 aromatic heterocycles. The molecule has 21 heavy (non-hydrogen) atoms. The number of nitrogens with zero attached hydrogens (tertiary/aromatic N) is 1. The number of nitrogens with one attached hydrogen (secondary N) is 1. The van der Waals surface area contributed by atoms with E-state index in [9.17, 15) is 13.6 Å². The number of carbonyl (C=O) groups is 1. The fourth-order valence-corrected chi connectivity index (χ4v) is 2.85. The molecule has 1 aromatic carbocycles. The van der Waals surface area contributed by atoms with Gasteiger partial charge in [0.25, 0.3) is 0 Å². The molecule has 5 nitrogen and oxygen atoms in total. The average Bonchev–Trinajstić information content (AvgIpc) is 2.79. The normalized spacial score (nSPS) is 25.8. The molecule has 2 saturated heterocycles. The number of fused-ring (bicyclic) bond motifs is 1. The first-order chi connectivity index (χ1) is 10.1. The van der Waals surface area contributed by atoms with Gasteiger partial charge in [-0.1, -0.05) is 17.7 Å². The molecule has 1 aromatic rings. The fraction of sp³-hybridized carbons (Fsp3) is 0.462. The minimum atomic E-state index is -2.93. The van der Waals surface area contributed by atoms with Crippen molar-refractivity contribution >= 4 is 17.5 Å². The van der Waals surface area contributed by atoms with Crippen molar-refractivity contribution < 1.29 is 23.0 Å². The highest BCUT2D eigenvalue weighted by molar-refractivity contribution is 6.32. The van der Waals surface area contributed by atoms with Gasteiger partial charge < -0.3 is 14.8 Å². The quantitative estimate of drug-likeness (QED) is 0.923. The molecule has 2 aliphatic rings. The van der Waals surface area contributed by atoms with E-state index >= 15 is 0 Å². The second-order valence-electron chi connectivity index (χ2n) is 4.81. The second kappa shape index (κ2) is 5.75. The summed E-state index contributed by atoms with van der Waals surface area (Å²) < 4.78 is 34.0. The van der Waals surface area contributed by atoms with Crippen molar-refractivity contribution in [3.05, 3.63) is 28.8 Å². The molecule has 0 saturated carbocycles. The number of hydrogen-bond acceptors (Lipinski definition) is 4. The lowest BCUT2D eigenvalue weighted by atomic mass is 10.1. The van der Waals surface area contributed by atoms with Gasteiger partial charge in [-0.3, -0.25) is 9.69 Å². The summed E-state index contributed by atoms with van der Waals surface area (Å²) >= 11 is 5.95. The van der Waals surface area contributed by atoms with Crippen LogP contribution in [0.2, 0.25) is 5.02 Å². The zero-order chi connectivity index (χ0) is 15.0. The van der Waals surface area contributed by atoms with Crippen LogP contribution >= 0.6 is 11.6 Å². The lowest BCUT2D eigenvalue weighted by Gasteiger charge is -2.31. The van der Waals surface area contributed by atoms with Gasteiger partial charge in [-0.15, -0.1) is 0 Å². The molecule has 0 spiro atoms. The maximum atomic E-state index is 12.2. The maximum absolute atomic E-state index is 12.2. The van der Waals surface area contributed by atoms with Gasteiger partial charge in [0.1, 0.15) is 18.0 Å². The molecule has 2 aliphatic heterocycles. The third-order valence-electron chi connectivity index (χ3n) is 3.57. The number of rotatable bonds is 3. The number of amides is 1. The largest absolute Gasteiger partial charge is 0.433 e. The van der Waals surface area contributed by atoms with Crippen molar-refractivity contribution in [3.63, 3.8) is 0 Å². The smallest absolute Gasteiger partial charge is 0.387 e. The summed E-state index contributed by atoms with van der Waals surface area (Å²) in [5.41, 5.74) is 0.722. The lowest BCUT2D eigenvalue weighted by molar-refractivity contribution is -0.125. The van der Waals surface area contributed by atoms with Crippen molar-refractivity contribution in [1.82, 2.24) is 10.2 Å². The van der Waals surface area contributed by atoms with Crippen LogP contribution in [0.4, 0.5) is 8.78 Å². The highest BCUT2D eigenvalue weighted by Gasteiger charge is 2.42. The van der Waals surface area contributed by atoms with Crippen LogP contribution < -0.4 is 10.1 Å². The molecule has 8 heteroatoms.